The highest BCUT2D eigenvalue weighted by Gasteiger charge is 2.06. The molecule has 0 saturated heterocycles. The summed E-state index contributed by atoms with van der Waals surface area (Å²) < 4.78 is 25.5. The lowest BCUT2D eigenvalue weighted by Crippen LogP contribution is -1.92. The Kier molecular flexibility index (Phi) is 3.39. The number of hydrogen-bond donors (Lipinski definition) is 1. The first-order chi connectivity index (χ1) is 6.15. The van der Waals surface area contributed by atoms with Gasteiger partial charge in [0.2, 0.25) is 0 Å². The Morgan fingerprint density at radius 2 is 2.08 bits per heavy atom. The van der Waals surface area contributed by atoms with E-state index in [0.717, 1.165) is 12.1 Å². The maximum atomic E-state index is 12.8. The van der Waals surface area contributed by atoms with Crippen LogP contribution in [0.5, 0.6) is 0 Å². The molecule has 0 amide bonds. The van der Waals surface area contributed by atoms with Crippen LogP contribution in [0.25, 0.3) is 6.08 Å². The highest BCUT2D eigenvalue weighted by Crippen LogP contribution is 2.22. The van der Waals surface area contributed by atoms with Crippen LogP contribution in [0.1, 0.15) is 5.56 Å². The monoisotopic (exact) mass is 203 g/mol. The zero-order valence-electron chi connectivity index (χ0n) is 6.73. The van der Waals surface area contributed by atoms with Crippen LogP contribution < -0.4 is 5.73 Å². The second kappa shape index (κ2) is 4.35. The predicted octanol–water partition coefficient (Wildman–Crippen LogP) is 2.59. The van der Waals surface area contributed by atoms with Crippen molar-refractivity contribution < 1.29 is 8.78 Å². The van der Waals surface area contributed by atoms with Gasteiger partial charge in [0.25, 0.3) is 0 Å². The zero-order chi connectivity index (χ0) is 9.84. The third-order valence-electron chi connectivity index (χ3n) is 1.45. The van der Waals surface area contributed by atoms with E-state index in [2.05, 4.69) is 0 Å². The predicted molar refractivity (Wildman–Crippen MR) is 49.5 cm³/mol. The van der Waals surface area contributed by atoms with Crippen LogP contribution in [-0.2, 0) is 0 Å². The van der Waals surface area contributed by atoms with Gasteiger partial charge in [-0.2, -0.15) is 0 Å². The molecule has 70 valence electrons. The third-order valence-corrected chi connectivity index (χ3v) is 1.85. The Bertz CT molecular complexity index is 337. The molecule has 0 aliphatic rings. The molecule has 0 atom stereocenters. The fraction of sp³-hybridized carbons (Fsp3) is 0.111. The van der Waals surface area contributed by atoms with Gasteiger partial charge in [-0.3, -0.25) is 0 Å². The molecule has 1 rings (SSSR count). The lowest BCUT2D eigenvalue weighted by Gasteiger charge is -1.99. The van der Waals surface area contributed by atoms with Crippen molar-refractivity contribution in [2.45, 2.75) is 0 Å². The Morgan fingerprint density at radius 3 is 2.69 bits per heavy atom. The van der Waals surface area contributed by atoms with Crippen molar-refractivity contribution in [3.63, 3.8) is 0 Å². The topological polar surface area (TPSA) is 26.0 Å². The third kappa shape index (κ3) is 2.50. The molecule has 1 aromatic rings. The maximum Gasteiger partial charge on any atom is 0.145 e. The average molecular weight is 204 g/mol. The van der Waals surface area contributed by atoms with Crippen molar-refractivity contribution in [2.24, 2.45) is 5.73 Å². The molecule has 0 aliphatic heterocycles. The average Bonchev–Trinajstić information content (AvgIpc) is 2.09. The molecule has 0 radical (unpaired) electrons. The van der Waals surface area contributed by atoms with Gasteiger partial charge >= 0.3 is 0 Å². The summed E-state index contributed by atoms with van der Waals surface area (Å²) in [6, 6.07) is 1.89. The van der Waals surface area contributed by atoms with Crippen molar-refractivity contribution in [3.8, 4) is 0 Å². The van der Waals surface area contributed by atoms with E-state index in [1.165, 1.54) is 6.08 Å². The minimum atomic E-state index is -0.765. The summed E-state index contributed by atoms with van der Waals surface area (Å²) in [4.78, 5) is 0. The Balaban J connectivity index is 3.12. The molecule has 1 nitrogen and oxygen atoms in total. The Labute approximate surface area is 79.8 Å². The van der Waals surface area contributed by atoms with Gasteiger partial charge in [0.05, 0.1) is 5.02 Å². The highest BCUT2D eigenvalue weighted by atomic mass is 35.5. The van der Waals surface area contributed by atoms with Crippen LogP contribution in [0.2, 0.25) is 5.02 Å². The van der Waals surface area contributed by atoms with E-state index in [9.17, 15) is 8.78 Å². The van der Waals surface area contributed by atoms with E-state index in [1.807, 2.05) is 0 Å². The summed E-state index contributed by atoms with van der Waals surface area (Å²) >= 11 is 5.57. The minimum absolute atomic E-state index is 0.0916. The van der Waals surface area contributed by atoms with Crippen LogP contribution >= 0.6 is 11.6 Å². The second-order valence-electron chi connectivity index (χ2n) is 2.43. The Hall–Kier alpha value is -0.930. The standard InChI is InChI=1S/C9H8ClF2N/c10-9-6(2-1-3-13)4-7(11)5-8(9)12/h1-2,4-5H,3,13H2/b2-1+. The van der Waals surface area contributed by atoms with Gasteiger partial charge in [0.1, 0.15) is 11.6 Å². The normalized spacial score (nSPS) is 11.1. The molecule has 4 heteroatoms. The highest BCUT2D eigenvalue weighted by molar-refractivity contribution is 6.32. The molecule has 13 heavy (non-hydrogen) atoms. The summed E-state index contributed by atoms with van der Waals surface area (Å²) in [5.74, 6) is -1.42. The van der Waals surface area contributed by atoms with Crippen molar-refractivity contribution in [1.29, 1.82) is 0 Å². The number of nitrogens with two attached hydrogens (primary N) is 1. The lowest BCUT2D eigenvalue weighted by molar-refractivity contribution is 0.583. The first-order valence-electron chi connectivity index (χ1n) is 3.66. The van der Waals surface area contributed by atoms with Gasteiger partial charge < -0.3 is 5.73 Å². The van der Waals surface area contributed by atoms with Gasteiger partial charge in [0.15, 0.2) is 0 Å². The van der Waals surface area contributed by atoms with Crippen LogP contribution in [0.15, 0.2) is 18.2 Å². The lowest BCUT2D eigenvalue weighted by atomic mass is 10.2. The molecule has 0 unspecified atom stereocenters. The largest absolute Gasteiger partial charge is 0.327 e. The van der Waals surface area contributed by atoms with Crippen molar-refractivity contribution in [2.75, 3.05) is 6.54 Å². The smallest absolute Gasteiger partial charge is 0.145 e. The molecule has 1 aromatic carbocycles. The van der Waals surface area contributed by atoms with E-state index in [1.54, 1.807) is 6.08 Å². The van der Waals surface area contributed by atoms with Gasteiger partial charge in [-0.25, -0.2) is 8.78 Å². The summed E-state index contributed by atoms with van der Waals surface area (Å²) in [6.07, 6.45) is 3.05. The fourth-order valence-electron chi connectivity index (χ4n) is 0.892. The van der Waals surface area contributed by atoms with E-state index < -0.39 is 11.6 Å². The number of halogens is 3. The van der Waals surface area contributed by atoms with Crippen LogP contribution in [-0.4, -0.2) is 6.54 Å². The van der Waals surface area contributed by atoms with Crippen molar-refractivity contribution in [1.82, 2.24) is 0 Å². The van der Waals surface area contributed by atoms with Crippen LogP contribution in [0.3, 0.4) is 0 Å². The van der Waals surface area contributed by atoms with E-state index >= 15 is 0 Å². The number of hydrogen-bond acceptors (Lipinski definition) is 1. The summed E-state index contributed by atoms with van der Waals surface area (Å²) in [6.45, 7) is 0.300. The summed E-state index contributed by atoms with van der Waals surface area (Å²) in [7, 11) is 0. The van der Waals surface area contributed by atoms with Crippen LogP contribution in [0.4, 0.5) is 8.78 Å². The number of benzene rings is 1. The van der Waals surface area contributed by atoms with Crippen molar-refractivity contribution >= 4 is 17.7 Å². The number of rotatable bonds is 2. The van der Waals surface area contributed by atoms with Crippen LogP contribution in [0, 0.1) is 11.6 Å². The molecule has 0 saturated carbocycles. The fourth-order valence-corrected chi connectivity index (χ4v) is 1.06. The summed E-state index contributed by atoms with van der Waals surface area (Å²) in [5, 5.41) is -0.0916. The quantitative estimate of drug-likeness (QED) is 0.735. The second-order valence-corrected chi connectivity index (χ2v) is 2.81. The molecule has 0 fully saturated rings. The van der Waals surface area contributed by atoms with E-state index in [0.29, 0.717) is 12.1 Å². The molecule has 0 aliphatic carbocycles. The molecule has 0 aromatic heterocycles. The molecule has 0 spiro atoms. The first kappa shape index (κ1) is 10.2. The first-order valence-corrected chi connectivity index (χ1v) is 4.04. The molecule has 0 bridgehead atoms. The van der Waals surface area contributed by atoms with Gasteiger partial charge in [-0.05, 0) is 11.6 Å². The van der Waals surface area contributed by atoms with Crippen molar-refractivity contribution in [3.05, 3.63) is 40.4 Å². The molecular formula is C9H8ClF2N. The van der Waals surface area contributed by atoms with Gasteiger partial charge in [-0.15, -0.1) is 0 Å². The maximum absolute atomic E-state index is 12.8. The van der Waals surface area contributed by atoms with E-state index in [-0.39, 0.29) is 5.02 Å². The summed E-state index contributed by atoms with van der Waals surface area (Å²) in [5.41, 5.74) is 5.48. The van der Waals surface area contributed by atoms with E-state index in [4.69, 9.17) is 17.3 Å². The molecular weight excluding hydrogens is 196 g/mol. The van der Waals surface area contributed by atoms with Gasteiger partial charge in [-0.1, -0.05) is 23.8 Å². The Morgan fingerprint density at radius 1 is 1.38 bits per heavy atom. The SMILES string of the molecule is NC/C=C/c1cc(F)cc(F)c1Cl. The molecule has 2 N–H and O–H groups in total. The minimum Gasteiger partial charge on any atom is -0.327 e. The zero-order valence-corrected chi connectivity index (χ0v) is 7.48. The molecule has 0 heterocycles. The van der Waals surface area contributed by atoms with Gasteiger partial charge in [0, 0.05) is 12.6 Å².